The minimum Gasteiger partial charge on any atom is -0.342 e. The lowest BCUT2D eigenvalue weighted by Gasteiger charge is -2.19. The zero-order chi connectivity index (χ0) is 16.9. The number of carbonyl (C=O) groups excluding carboxylic acids is 1. The molecule has 8 heteroatoms. The van der Waals surface area contributed by atoms with E-state index in [0.29, 0.717) is 21.8 Å². The fourth-order valence-corrected chi connectivity index (χ4v) is 3.69. The van der Waals surface area contributed by atoms with Crippen LogP contribution in [-0.4, -0.2) is 44.5 Å². The molecule has 3 rings (SSSR count). The predicted molar refractivity (Wildman–Crippen MR) is 96.4 cm³/mol. The van der Waals surface area contributed by atoms with E-state index in [1.807, 2.05) is 17.0 Å². The van der Waals surface area contributed by atoms with E-state index in [9.17, 15) is 4.79 Å². The zero-order valence-corrected chi connectivity index (χ0v) is 14.9. The van der Waals surface area contributed by atoms with Gasteiger partial charge in [-0.1, -0.05) is 48.3 Å². The van der Waals surface area contributed by atoms with Gasteiger partial charge in [0, 0.05) is 23.7 Å². The Morgan fingerprint density at radius 2 is 1.96 bits per heavy atom. The summed E-state index contributed by atoms with van der Waals surface area (Å²) >= 11 is 7.32. The second-order valence-corrected chi connectivity index (χ2v) is 7.15. The average Bonchev–Trinajstić information content (AvgIpc) is 2.77. The molecule has 2 N–H and O–H groups in total. The predicted octanol–water partition coefficient (Wildman–Crippen LogP) is 2.81. The van der Waals surface area contributed by atoms with E-state index in [0.717, 1.165) is 31.5 Å². The molecule has 0 saturated carbocycles. The van der Waals surface area contributed by atoms with Gasteiger partial charge in [0.15, 0.2) is 5.82 Å². The lowest BCUT2D eigenvalue weighted by molar-refractivity contribution is -0.128. The second-order valence-electron chi connectivity index (χ2n) is 5.77. The molecule has 0 atom stereocenters. The van der Waals surface area contributed by atoms with Crippen LogP contribution in [0.2, 0.25) is 5.02 Å². The normalized spacial score (nSPS) is 15.3. The number of carbonyl (C=O) groups is 1. The SMILES string of the molecule is Nn1c(SCC(=O)N2CCCCCC2)nnc1-c1cccc(Cl)c1. The number of rotatable bonds is 4. The highest BCUT2D eigenvalue weighted by Gasteiger charge is 2.18. The monoisotopic (exact) mass is 365 g/mol. The van der Waals surface area contributed by atoms with Crippen molar-refractivity contribution in [1.29, 1.82) is 0 Å². The second kappa shape index (κ2) is 7.90. The molecule has 2 heterocycles. The summed E-state index contributed by atoms with van der Waals surface area (Å²) in [6.07, 6.45) is 4.58. The fraction of sp³-hybridized carbons (Fsp3) is 0.438. The van der Waals surface area contributed by atoms with Gasteiger partial charge in [0.1, 0.15) is 0 Å². The molecule has 1 aliphatic heterocycles. The maximum absolute atomic E-state index is 12.3. The third-order valence-electron chi connectivity index (χ3n) is 4.03. The Morgan fingerprint density at radius 3 is 2.67 bits per heavy atom. The number of likely N-dealkylation sites (tertiary alicyclic amines) is 1. The summed E-state index contributed by atoms with van der Waals surface area (Å²) in [5.74, 6) is 7.07. The standard InChI is InChI=1S/C16H20ClN5OS/c17-13-7-5-6-12(10-13)15-19-20-16(22(15)18)24-11-14(23)21-8-3-1-2-4-9-21/h5-7,10H,1-4,8-9,11,18H2. The minimum atomic E-state index is 0.134. The molecule has 6 nitrogen and oxygen atoms in total. The highest BCUT2D eigenvalue weighted by Crippen LogP contribution is 2.24. The number of benzene rings is 1. The van der Waals surface area contributed by atoms with Gasteiger partial charge in [-0.2, -0.15) is 0 Å². The van der Waals surface area contributed by atoms with Crippen molar-refractivity contribution in [2.24, 2.45) is 0 Å². The molecule has 1 aliphatic rings. The number of hydrogen-bond acceptors (Lipinski definition) is 5. The Bertz CT molecular complexity index is 712. The van der Waals surface area contributed by atoms with Crippen LogP contribution < -0.4 is 5.84 Å². The third kappa shape index (κ3) is 4.02. The molecule has 0 unspecified atom stereocenters. The Morgan fingerprint density at radius 1 is 1.21 bits per heavy atom. The molecule has 128 valence electrons. The molecule has 1 aromatic carbocycles. The first-order valence-corrected chi connectivity index (χ1v) is 9.38. The summed E-state index contributed by atoms with van der Waals surface area (Å²) in [5.41, 5.74) is 0.795. The van der Waals surface area contributed by atoms with Crippen molar-refractivity contribution < 1.29 is 4.79 Å². The van der Waals surface area contributed by atoms with Gasteiger partial charge in [-0.15, -0.1) is 10.2 Å². The summed E-state index contributed by atoms with van der Waals surface area (Å²) in [7, 11) is 0. The molecule has 0 radical (unpaired) electrons. The molecule has 2 aromatic rings. The topological polar surface area (TPSA) is 77.0 Å². The number of halogens is 1. The van der Waals surface area contributed by atoms with Crippen LogP contribution in [0.1, 0.15) is 25.7 Å². The van der Waals surface area contributed by atoms with E-state index in [-0.39, 0.29) is 5.91 Å². The van der Waals surface area contributed by atoms with Gasteiger partial charge >= 0.3 is 0 Å². The molecule has 1 fully saturated rings. The first-order valence-electron chi connectivity index (χ1n) is 8.02. The van der Waals surface area contributed by atoms with E-state index >= 15 is 0 Å². The maximum atomic E-state index is 12.3. The van der Waals surface area contributed by atoms with E-state index in [4.69, 9.17) is 17.4 Å². The summed E-state index contributed by atoms with van der Waals surface area (Å²) < 4.78 is 1.41. The van der Waals surface area contributed by atoms with Gasteiger partial charge in [0.05, 0.1) is 5.75 Å². The number of nitrogen functional groups attached to an aromatic ring is 1. The summed E-state index contributed by atoms with van der Waals surface area (Å²) in [4.78, 5) is 14.3. The fourth-order valence-electron chi connectivity index (χ4n) is 2.74. The van der Waals surface area contributed by atoms with E-state index in [2.05, 4.69) is 10.2 Å². The van der Waals surface area contributed by atoms with Crippen LogP contribution in [0.5, 0.6) is 0 Å². The lowest BCUT2D eigenvalue weighted by Crippen LogP contribution is -2.33. The van der Waals surface area contributed by atoms with Gasteiger partial charge < -0.3 is 10.7 Å². The van der Waals surface area contributed by atoms with Gasteiger partial charge in [-0.3, -0.25) is 4.79 Å². The average molecular weight is 366 g/mol. The Balaban J connectivity index is 1.65. The van der Waals surface area contributed by atoms with Crippen LogP contribution in [0.15, 0.2) is 29.4 Å². The number of nitrogens with two attached hydrogens (primary N) is 1. The number of aromatic nitrogens is 3. The molecule has 1 amide bonds. The summed E-state index contributed by atoms with van der Waals surface area (Å²) in [5, 5.41) is 9.34. The van der Waals surface area contributed by atoms with Crippen LogP contribution in [-0.2, 0) is 4.79 Å². The maximum Gasteiger partial charge on any atom is 0.233 e. The third-order valence-corrected chi connectivity index (χ3v) is 5.19. The number of thioether (sulfide) groups is 1. The molecule has 1 aromatic heterocycles. The highest BCUT2D eigenvalue weighted by molar-refractivity contribution is 7.99. The van der Waals surface area contributed by atoms with Crippen LogP contribution in [0, 0.1) is 0 Å². The molecule has 0 spiro atoms. The van der Waals surface area contributed by atoms with Crippen LogP contribution in [0.25, 0.3) is 11.4 Å². The van der Waals surface area contributed by atoms with Crippen molar-refractivity contribution in [2.75, 3.05) is 24.7 Å². The van der Waals surface area contributed by atoms with E-state index in [1.165, 1.54) is 29.3 Å². The lowest BCUT2D eigenvalue weighted by atomic mass is 10.2. The van der Waals surface area contributed by atoms with Gasteiger partial charge in [0.2, 0.25) is 11.1 Å². The largest absolute Gasteiger partial charge is 0.342 e. The Labute approximate surface area is 150 Å². The highest BCUT2D eigenvalue weighted by atomic mass is 35.5. The number of amides is 1. The van der Waals surface area contributed by atoms with Gasteiger partial charge in [-0.05, 0) is 25.0 Å². The first kappa shape index (κ1) is 17.1. The Kier molecular flexibility index (Phi) is 5.63. The van der Waals surface area contributed by atoms with E-state index < -0.39 is 0 Å². The van der Waals surface area contributed by atoms with Crippen molar-refractivity contribution in [3.8, 4) is 11.4 Å². The van der Waals surface area contributed by atoms with Crippen molar-refractivity contribution in [3.63, 3.8) is 0 Å². The van der Waals surface area contributed by atoms with Crippen molar-refractivity contribution in [3.05, 3.63) is 29.3 Å². The van der Waals surface area contributed by atoms with Crippen molar-refractivity contribution in [2.45, 2.75) is 30.8 Å². The van der Waals surface area contributed by atoms with E-state index in [1.54, 1.807) is 12.1 Å². The zero-order valence-electron chi connectivity index (χ0n) is 13.3. The summed E-state index contributed by atoms with van der Waals surface area (Å²) in [6, 6.07) is 7.28. The molecule has 24 heavy (non-hydrogen) atoms. The Hall–Kier alpha value is -1.73. The number of hydrogen-bond donors (Lipinski definition) is 1. The smallest absolute Gasteiger partial charge is 0.233 e. The van der Waals surface area contributed by atoms with Crippen molar-refractivity contribution in [1.82, 2.24) is 19.8 Å². The van der Waals surface area contributed by atoms with Gasteiger partial charge in [0.25, 0.3) is 0 Å². The molecule has 0 bridgehead atoms. The first-order chi connectivity index (χ1) is 11.6. The molecular formula is C16H20ClN5OS. The molecular weight excluding hydrogens is 346 g/mol. The minimum absolute atomic E-state index is 0.134. The molecule has 0 aliphatic carbocycles. The van der Waals surface area contributed by atoms with Crippen LogP contribution in [0.3, 0.4) is 0 Å². The van der Waals surface area contributed by atoms with Crippen molar-refractivity contribution >= 4 is 29.3 Å². The quantitative estimate of drug-likeness (QED) is 0.666. The summed E-state index contributed by atoms with van der Waals surface area (Å²) in [6.45, 7) is 1.70. The van der Waals surface area contributed by atoms with Crippen LogP contribution in [0.4, 0.5) is 0 Å². The molecule has 1 saturated heterocycles. The number of nitrogens with zero attached hydrogens (tertiary/aromatic N) is 4. The van der Waals surface area contributed by atoms with Crippen LogP contribution >= 0.6 is 23.4 Å². The van der Waals surface area contributed by atoms with Gasteiger partial charge in [-0.25, -0.2) is 4.68 Å².